The number of hydrogen-bond donors (Lipinski definition) is 0. The first-order valence-corrected chi connectivity index (χ1v) is 14.7. The lowest BCUT2D eigenvalue weighted by molar-refractivity contribution is 0.0587. The molecular weight excluding hydrogens is 548 g/mol. The van der Waals surface area contributed by atoms with E-state index in [-0.39, 0.29) is 12.1 Å². The van der Waals surface area contributed by atoms with Crippen molar-refractivity contribution in [2.24, 2.45) is 0 Å². The van der Waals surface area contributed by atoms with E-state index in [1.54, 1.807) is 29.1 Å². The standard InChI is InChI=1S/C26H30BrClN4O2S/c1-2-35(34)25-7-6-20(28)12-19(25)16-32-17-29-24-13-18(23(27)14-22(24)26(32)33)15-30-8-10-31(11-9-30)21-4-3-5-21/h6-7,12-14,17,21H,2-5,8-11,15-16H2,1H3. The second-order valence-electron chi connectivity index (χ2n) is 9.42. The van der Waals surface area contributed by atoms with Crippen molar-refractivity contribution in [1.82, 2.24) is 19.4 Å². The molecule has 5 rings (SSSR count). The van der Waals surface area contributed by atoms with Gasteiger partial charge in [0.05, 0.1) is 34.6 Å². The lowest BCUT2D eigenvalue weighted by atomic mass is 9.91. The maximum absolute atomic E-state index is 13.3. The van der Waals surface area contributed by atoms with Crippen LogP contribution < -0.4 is 5.56 Å². The molecule has 0 spiro atoms. The summed E-state index contributed by atoms with van der Waals surface area (Å²) >= 11 is 9.91. The van der Waals surface area contributed by atoms with Gasteiger partial charge in [-0.2, -0.15) is 0 Å². The quantitative estimate of drug-likeness (QED) is 0.409. The number of piperazine rings is 1. The van der Waals surface area contributed by atoms with Crippen LogP contribution in [0.4, 0.5) is 0 Å². The first kappa shape index (κ1) is 25.1. The van der Waals surface area contributed by atoms with Gasteiger partial charge in [-0.05, 0) is 54.3 Å². The molecule has 0 amide bonds. The van der Waals surface area contributed by atoms with Crippen molar-refractivity contribution >= 4 is 49.2 Å². The van der Waals surface area contributed by atoms with Crippen LogP contribution in [0.1, 0.15) is 37.3 Å². The average molecular weight is 578 g/mol. The fourth-order valence-electron chi connectivity index (χ4n) is 4.97. The summed E-state index contributed by atoms with van der Waals surface area (Å²) in [6.45, 7) is 7.39. The highest BCUT2D eigenvalue weighted by atomic mass is 79.9. The van der Waals surface area contributed by atoms with Crippen molar-refractivity contribution in [3.63, 3.8) is 0 Å². The van der Waals surface area contributed by atoms with E-state index in [1.165, 1.54) is 19.3 Å². The lowest BCUT2D eigenvalue weighted by Crippen LogP contribution is -2.51. The second-order valence-corrected chi connectivity index (χ2v) is 12.4. The van der Waals surface area contributed by atoms with Crippen LogP contribution in [-0.2, 0) is 23.9 Å². The van der Waals surface area contributed by atoms with Crippen molar-refractivity contribution in [3.05, 3.63) is 67.6 Å². The van der Waals surface area contributed by atoms with Gasteiger partial charge in [0.1, 0.15) is 0 Å². The SMILES string of the molecule is CCS(=O)c1ccc(Cl)cc1Cn1cnc2cc(CN3CCN(C4CCC4)CC3)c(Br)cc2c1=O. The van der Waals surface area contributed by atoms with E-state index in [2.05, 4.69) is 30.7 Å². The van der Waals surface area contributed by atoms with Gasteiger partial charge in [0.2, 0.25) is 0 Å². The van der Waals surface area contributed by atoms with Crippen LogP contribution >= 0.6 is 27.5 Å². The second kappa shape index (κ2) is 10.8. The molecule has 9 heteroatoms. The Hall–Kier alpha value is -1.58. The van der Waals surface area contributed by atoms with Gasteiger partial charge in [-0.25, -0.2) is 4.98 Å². The van der Waals surface area contributed by atoms with Gasteiger partial charge < -0.3 is 0 Å². The summed E-state index contributed by atoms with van der Waals surface area (Å²) in [5.41, 5.74) is 2.50. The Morgan fingerprint density at radius 1 is 1.09 bits per heavy atom. The van der Waals surface area contributed by atoms with E-state index in [0.29, 0.717) is 26.6 Å². The van der Waals surface area contributed by atoms with Crippen molar-refractivity contribution in [1.29, 1.82) is 0 Å². The predicted octanol–water partition coefficient (Wildman–Crippen LogP) is 4.66. The highest BCUT2D eigenvalue weighted by Crippen LogP contribution is 2.27. The summed E-state index contributed by atoms with van der Waals surface area (Å²) in [5.74, 6) is 0.505. The number of hydrogen-bond acceptors (Lipinski definition) is 5. The molecule has 6 nitrogen and oxygen atoms in total. The highest BCUT2D eigenvalue weighted by molar-refractivity contribution is 9.10. The lowest BCUT2D eigenvalue weighted by Gasteiger charge is -2.43. The highest BCUT2D eigenvalue weighted by Gasteiger charge is 2.28. The normalized spacial score (nSPS) is 18.6. The minimum Gasteiger partial charge on any atom is -0.298 e. The molecule has 0 radical (unpaired) electrons. The third-order valence-corrected chi connectivity index (χ3v) is 9.64. The van der Waals surface area contributed by atoms with Crippen molar-refractivity contribution in [2.45, 2.75) is 50.2 Å². The molecule has 1 aliphatic carbocycles. The Morgan fingerprint density at radius 2 is 1.86 bits per heavy atom. The molecule has 1 unspecified atom stereocenters. The molecule has 186 valence electrons. The maximum atomic E-state index is 13.3. The van der Waals surface area contributed by atoms with Gasteiger partial charge in [0, 0.05) is 58.9 Å². The van der Waals surface area contributed by atoms with Gasteiger partial charge >= 0.3 is 0 Å². The molecule has 0 N–H and O–H groups in total. The van der Waals surface area contributed by atoms with Gasteiger partial charge in [-0.15, -0.1) is 0 Å². The van der Waals surface area contributed by atoms with Crippen LogP contribution in [0.15, 0.2) is 50.8 Å². The number of fused-ring (bicyclic) bond motifs is 1. The first-order valence-electron chi connectivity index (χ1n) is 12.2. The summed E-state index contributed by atoms with van der Waals surface area (Å²) < 4.78 is 15.0. The van der Waals surface area contributed by atoms with Gasteiger partial charge in [-0.1, -0.05) is 40.9 Å². The summed E-state index contributed by atoms with van der Waals surface area (Å²) in [6.07, 6.45) is 5.67. The van der Waals surface area contributed by atoms with Crippen LogP contribution in [0.3, 0.4) is 0 Å². The van der Waals surface area contributed by atoms with E-state index >= 15 is 0 Å². The Kier molecular flexibility index (Phi) is 7.75. The van der Waals surface area contributed by atoms with Crippen molar-refractivity contribution < 1.29 is 4.21 Å². The number of aromatic nitrogens is 2. The number of rotatable bonds is 7. The molecule has 1 atom stereocenters. The third-order valence-electron chi connectivity index (χ3n) is 7.25. The minimum absolute atomic E-state index is 0.121. The third kappa shape index (κ3) is 5.42. The Balaban J connectivity index is 1.36. The van der Waals surface area contributed by atoms with E-state index < -0.39 is 10.8 Å². The summed E-state index contributed by atoms with van der Waals surface area (Å²) in [6, 6.07) is 10.0. The molecule has 1 aliphatic heterocycles. The zero-order valence-corrected chi connectivity index (χ0v) is 23.0. The van der Waals surface area contributed by atoms with Crippen LogP contribution in [0.25, 0.3) is 10.9 Å². The Bertz CT molecular complexity index is 1320. The first-order chi connectivity index (χ1) is 16.9. The molecule has 0 bridgehead atoms. The topological polar surface area (TPSA) is 58.4 Å². The number of benzene rings is 2. The maximum Gasteiger partial charge on any atom is 0.261 e. The molecule has 3 aromatic rings. The summed E-state index contributed by atoms with van der Waals surface area (Å²) in [5, 5.41) is 1.12. The molecular formula is C26H30BrClN4O2S. The largest absolute Gasteiger partial charge is 0.298 e. The smallest absolute Gasteiger partial charge is 0.261 e. The van der Waals surface area contributed by atoms with E-state index in [0.717, 1.165) is 54.4 Å². The van der Waals surface area contributed by atoms with Crippen LogP contribution in [0.2, 0.25) is 5.02 Å². The molecule has 2 fully saturated rings. The van der Waals surface area contributed by atoms with Crippen LogP contribution in [0.5, 0.6) is 0 Å². The molecule has 1 aromatic heterocycles. The van der Waals surface area contributed by atoms with E-state index in [1.807, 2.05) is 19.1 Å². The zero-order chi connectivity index (χ0) is 24.5. The number of nitrogens with zero attached hydrogens (tertiary/aromatic N) is 4. The van der Waals surface area contributed by atoms with Gasteiger partial charge in [0.25, 0.3) is 5.56 Å². The molecule has 2 aromatic carbocycles. The fourth-order valence-corrected chi connectivity index (χ4v) is 6.58. The molecule has 1 saturated carbocycles. The Labute approximate surface area is 221 Å². The van der Waals surface area contributed by atoms with Gasteiger partial charge in [-0.3, -0.25) is 23.4 Å². The number of halogens is 2. The van der Waals surface area contributed by atoms with Gasteiger partial charge in [0.15, 0.2) is 0 Å². The zero-order valence-electron chi connectivity index (χ0n) is 19.9. The van der Waals surface area contributed by atoms with E-state index in [4.69, 9.17) is 11.6 Å². The molecule has 2 aliphatic rings. The summed E-state index contributed by atoms with van der Waals surface area (Å²) in [4.78, 5) is 23.8. The average Bonchev–Trinajstić information content (AvgIpc) is 2.82. The summed E-state index contributed by atoms with van der Waals surface area (Å²) in [7, 11) is -1.14. The monoisotopic (exact) mass is 576 g/mol. The molecule has 2 heterocycles. The van der Waals surface area contributed by atoms with Crippen molar-refractivity contribution in [3.8, 4) is 0 Å². The minimum atomic E-state index is -1.14. The fraction of sp³-hybridized carbons (Fsp3) is 0.462. The molecule has 35 heavy (non-hydrogen) atoms. The van der Waals surface area contributed by atoms with Crippen LogP contribution in [-0.4, -0.2) is 61.5 Å². The van der Waals surface area contributed by atoms with E-state index in [9.17, 15) is 9.00 Å². The Morgan fingerprint density at radius 3 is 2.54 bits per heavy atom. The van der Waals surface area contributed by atoms with Crippen molar-refractivity contribution in [2.75, 3.05) is 31.9 Å². The molecule has 1 saturated heterocycles. The predicted molar refractivity (Wildman–Crippen MR) is 146 cm³/mol. The van der Waals surface area contributed by atoms with Crippen LogP contribution in [0, 0.1) is 0 Å².